The van der Waals surface area contributed by atoms with Crippen molar-refractivity contribution in [2.45, 2.75) is 26.3 Å². The third kappa shape index (κ3) is 4.22. The number of methoxy groups -OCH3 is 1. The van der Waals surface area contributed by atoms with Crippen molar-refractivity contribution in [2.75, 3.05) is 7.11 Å². The minimum absolute atomic E-state index is 0.0705. The van der Waals surface area contributed by atoms with Crippen LogP contribution in [0.4, 0.5) is 0 Å². The van der Waals surface area contributed by atoms with Crippen LogP contribution < -0.4 is 10.1 Å². The molecular formula is C21H22BrN3O2. The predicted octanol–water partition coefficient (Wildman–Crippen LogP) is 4.83. The smallest absolute Gasteiger partial charge is 0.255 e. The fourth-order valence-corrected chi connectivity index (χ4v) is 3.23. The van der Waals surface area contributed by atoms with Crippen LogP contribution in [0.5, 0.6) is 5.75 Å². The van der Waals surface area contributed by atoms with E-state index in [4.69, 9.17) is 4.74 Å². The molecular weight excluding hydrogens is 406 g/mol. The van der Waals surface area contributed by atoms with E-state index in [-0.39, 0.29) is 11.9 Å². The van der Waals surface area contributed by atoms with Crippen molar-refractivity contribution in [1.82, 2.24) is 15.1 Å². The van der Waals surface area contributed by atoms with Crippen LogP contribution in [0.1, 0.15) is 41.0 Å². The van der Waals surface area contributed by atoms with Gasteiger partial charge in [0.2, 0.25) is 0 Å². The molecule has 0 saturated heterocycles. The molecule has 0 spiro atoms. The Labute approximate surface area is 167 Å². The van der Waals surface area contributed by atoms with Crippen LogP contribution >= 0.6 is 15.9 Å². The zero-order chi connectivity index (χ0) is 19.4. The molecule has 1 amide bonds. The van der Waals surface area contributed by atoms with Crippen LogP contribution in [-0.2, 0) is 0 Å². The Morgan fingerprint density at radius 1 is 1.19 bits per heavy atom. The fourth-order valence-electron chi connectivity index (χ4n) is 2.97. The summed E-state index contributed by atoms with van der Waals surface area (Å²) >= 11 is 3.43. The number of hydrogen-bond donors (Lipinski definition) is 1. The number of benzene rings is 2. The Morgan fingerprint density at radius 2 is 1.85 bits per heavy atom. The largest absolute Gasteiger partial charge is 0.497 e. The number of amides is 1. The summed E-state index contributed by atoms with van der Waals surface area (Å²) in [5.41, 5.74) is 3.34. The number of halogens is 1. The Morgan fingerprint density at radius 3 is 2.44 bits per heavy atom. The summed E-state index contributed by atoms with van der Waals surface area (Å²) in [7, 11) is 1.64. The van der Waals surface area contributed by atoms with E-state index in [1.54, 1.807) is 18.0 Å². The molecule has 27 heavy (non-hydrogen) atoms. The summed E-state index contributed by atoms with van der Waals surface area (Å²) in [5, 5.41) is 7.50. The van der Waals surface area contributed by atoms with Crippen LogP contribution in [0.25, 0.3) is 5.69 Å². The SMILES string of the molecule is CCC(NC(=O)c1cnn(-c2ccc(Br)cc2)c1C)c1ccc(OC)cc1. The van der Waals surface area contributed by atoms with E-state index >= 15 is 0 Å². The van der Waals surface area contributed by atoms with Crippen molar-refractivity contribution >= 4 is 21.8 Å². The van der Waals surface area contributed by atoms with Gasteiger partial charge in [-0.1, -0.05) is 35.0 Å². The second kappa shape index (κ2) is 8.39. The van der Waals surface area contributed by atoms with Gasteiger partial charge >= 0.3 is 0 Å². The van der Waals surface area contributed by atoms with Crippen LogP contribution in [0, 0.1) is 6.92 Å². The Kier molecular flexibility index (Phi) is 5.96. The molecule has 0 aliphatic rings. The molecule has 1 unspecified atom stereocenters. The number of hydrogen-bond acceptors (Lipinski definition) is 3. The monoisotopic (exact) mass is 427 g/mol. The van der Waals surface area contributed by atoms with E-state index in [1.807, 2.05) is 62.4 Å². The topological polar surface area (TPSA) is 56.2 Å². The quantitative estimate of drug-likeness (QED) is 0.612. The lowest BCUT2D eigenvalue weighted by Gasteiger charge is -2.18. The van der Waals surface area contributed by atoms with Gasteiger partial charge in [0, 0.05) is 4.47 Å². The molecule has 1 atom stereocenters. The van der Waals surface area contributed by atoms with Crippen molar-refractivity contribution in [3.05, 3.63) is 76.0 Å². The van der Waals surface area contributed by atoms with Gasteiger partial charge in [-0.2, -0.15) is 5.10 Å². The Balaban J connectivity index is 1.79. The molecule has 1 aromatic heterocycles. The van der Waals surface area contributed by atoms with E-state index in [1.165, 1.54) is 0 Å². The van der Waals surface area contributed by atoms with Gasteiger partial charge in [-0.3, -0.25) is 4.79 Å². The average molecular weight is 428 g/mol. The molecule has 0 aliphatic carbocycles. The first-order chi connectivity index (χ1) is 13.0. The summed E-state index contributed by atoms with van der Waals surface area (Å²) in [5.74, 6) is 0.671. The molecule has 0 aliphatic heterocycles. The lowest BCUT2D eigenvalue weighted by Crippen LogP contribution is -2.28. The lowest BCUT2D eigenvalue weighted by atomic mass is 10.0. The van der Waals surface area contributed by atoms with Crippen molar-refractivity contribution < 1.29 is 9.53 Å². The summed E-state index contributed by atoms with van der Waals surface area (Å²) in [4.78, 5) is 12.8. The van der Waals surface area contributed by atoms with Crippen LogP contribution in [-0.4, -0.2) is 22.8 Å². The average Bonchev–Trinajstić information content (AvgIpc) is 3.08. The Hall–Kier alpha value is -2.60. The van der Waals surface area contributed by atoms with Gasteiger partial charge in [-0.25, -0.2) is 4.68 Å². The minimum Gasteiger partial charge on any atom is -0.497 e. The first-order valence-electron chi connectivity index (χ1n) is 8.79. The molecule has 1 N–H and O–H groups in total. The second-order valence-electron chi connectivity index (χ2n) is 6.24. The highest BCUT2D eigenvalue weighted by Crippen LogP contribution is 2.22. The molecule has 6 heteroatoms. The number of carbonyl (C=O) groups excluding carboxylic acids is 1. The van der Waals surface area contributed by atoms with Gasteiger partial charge < -0.3 is 10.1 Å². The third-order valence-corrected chi connectivity index (χ3v) is 5.09. The van der Waals surface area contributed by atoms with Gasteiger partial charge in [0.15, 0.2) is 0 Å². The molecule has 1 heterocycles. The molecule has 3 rings (SSSR count). The molecule has 0 fully saturated rings. The van der Waals surface area contributed by atoms with Gasteiger partial charge in [-0.05, 0) is 55.3 Å². The van der Waals surface area contributed by atoms with E-state index in [0.717, 1.165) is 33.6 Å². The summed E-state index contributed by atoms with van der Waals surface area (Å²) in [6.45, 7) is 3.95. The molecule has 0 radical (unpaired) electrons. The number of nitrogens with zero attached hydrogens (tertiary/aromatic N) is 2. The summed E-state index contributed by atoms with van der Waals surface area (Å²) in [6, 6.07) is 15.5. The van der Waals surface area contributed by atoms with Gasteiger partial charge in [0.1, 0.15) is 5.75 Å². The van der Waals surface area contributed by atoms with Crippen LogP contribution in [0.3, 0.4) is 0 Å². The van der Waals surface area contributed by atoms with Crippen molar-refractivity contribution in [3.63, 3.8) is 0 Å². The first kappa shape index (κ1) is 19.2. The maximum absolute atomic E-state index is 12.8. The third-order valence-electron chi connectivity index (χ3n) is 4.56. The first-order valence-corrected chi connectivity index (χ1v) is 9.58. The molecule has 0 bridgehead atoms. The molecule has 3 aromatic rings. The van der Waals surface area contributed by atoms with Gasteiger partial charge in [0.25, 0.3) is 5.91 Å². The number of aromatic nitrogens is 2. The molecule has 2 aromatic carbocycles. The Bertz CT molecular complexity index is 918. The summed E-state index contributed by atoms with van der Waals surface area (Å²) < 4.78 is 7.97. The zero-order valence-corrected chi connectivity index (χ0v) is 17.2. The van der Waals surface area contributed by atoms with Crippen LogP contribution in [0.2, 0.25) is 0 Å². The summed E-state index contributed by atoms with van der Waals surface area (Å²) in [6.07, 6.45) is 2.41. The molecule has 5 nitrogen and oxygen atoms in total. The van der Waals surface area contributed by atoms with Gasteiger partial charge in [0.05, 0.1) is 36.3 Å². The van der Waals surface area contributed by atoms with Gasteiger partial charge in [-0.15, -0.1) is 0 Å². The zero-order valence-electron chi connectivity index (χ0n) is 15.6. The highest BCUT2D eigenvalue weighted by atomic mass is 79.9. The molecule has 0 saturated carbocycles. The van der Waals surface area contributed by atoms with E-state index < -0.39 is 0 Å². The maximum atomic E-state index is 12.8. The second-order valence-corrected chi connectivity index (χ2v) is 7.16. The molecule has 140 valence electrons. The number of carbonyl (C=O) groups is 1. The number of rotatable bonds is 6. The fraction of sp³-hybridized carbons (Fsp3) is 0.238. The lowest BCUT2D eigenvalue weighted by molar-refractivity contribution is 0.0935. The van der Waals surface area contributed by atoms with Crippen molar-refractivity contribution in [1.29, 1.82) is 0 Å². The number of ether oxygens (including phenoxy) is 1. The predicted molar refractivity (Wildman–Crippen MR) is 109 cm³/mol. The highest BCUT2D eigenvalue weighted by molar-refractivity contribution is 9.10. The highest BCUT2D eigenvalue weighted by Gasteiger charge is 2.19. The normalized spacial score (nSPS) is 11.9. The van der Waals surface area contributed by atoms with E-state index in [2.05, 4.69) is 26.3 Å². The van der Waals surface area contributed by atoms with E-state index in [0.29, 0.717) is 5.56 Å². The maximum Gasteiger partial charge on any atom is 0.255 e. The van der Waals surface area contributed by atoms with E-state index in [9.17, 15) is 4.79 Å². The standard InChI is InChI=1S/C21H22BrN3O2/c1-4-20(15-5-11-18(27-3)12-6-15)24-21(26)19-13-23-25(14(19)2)17-9-7-16(22)8-10-17/h5-13,20H,4H2,1-3H3,(H,24,26). The van der Waals surface area contributed by atoms with Crippen LogP contribution in [0.15, 0.2) is 59.2 Å². The van der Waals surface area contributed by atoms with Crippen molar-refractivity contribution in [2.24, 2.45) is 0 Å². The minimum atomic E-state index is -0.126. The number of nitrogens with one attached hydrogen (secondary N) is 1. The van der Waals surface area contributed by atoms with Crippen molar-refractivity contribution in [3.8, 4) is 11.4 Å².